The molecule has 0 spiro atoms. The summed E-state index contributed by atoms with van der Waals surface area (Å²) in [6, 6.07) is 6.65. The topological polar surface area (TPSA) is 70.3 Å². The maximum Gasteiger partial charge on any atom is 0.331 e. The fourth-order valence-electron chi connectivity index (χ4n) is 1.79. The first kappa shape index (κ1) is 12.1. The predicted octanol–water partition coefficient (Wildman–Crippen LogP) is -0.127. The number of hydrogen-bond acceptors (Lipinski definition) is 4. The van der Waals surface area contributed by atoms with E-state index < -0.39 is 11.7 Å². The summed E-state index contributed by atoms with van der Waals surface area (Å²) in [5.41, 5.74) is -0.489. The molecule has 0 amide bonds. The molecule has 1 aromatic heterocycles. The van der Waals surface area contributed by atoms with Gasteiger partial charge in [0.05, 0.1) is 18.0 Å². The fourth-order valence-corrected chi connectivity index (χ4v) is 1.79. The van der Waals surface area contributed by atoms with E-state index in [4.69, 9.17) is 0 Å². The molecule has 6 nitrogen and oxygen atoms in total. The minimum Gasteiger partial charge on any atom is -0.468 e. The minimum absolute atomic E-state index is 0.218. The summed E-state index contributed by atoms with van der Waals surface area (Å²) in [5, 5.41) is 0.392. The molecule has 0 bridgehead atoms. The van der Waals surface area contributed by atoms with Gasteiger partial charge in [0.25, 0.3) is 5.56 Å². The van der Waals surface area contributed by atoms with Gasteiger partial charge in [0.1, 0.15) is 6.54 Å². The number of fused-ring (bicyclic) bond motifs is 1. The van der Waals surface area contributed by atoms with Crippen molar-refractivity contribution in [2.24, 2.45) is 7.05 Å². The van der Waals surface area contributed by atoms with E-state index in [2.05, 4.69) is 4.74 Å². The summed E-state index contributed by atoms with van der Waals surface area (Å²) < 4.78 is 6.74. The van der Waals surface area contributed by atoms with Crippen LogP contribution < -0.4 is 11.2 Å². The third kappa shape index (κ3) is 1.81. The average molecular weight is 248 g/mol. The number of ether oxygens (including phenoxy) is 1. The molecule has 2 rings (SSSR count). The van der Waals surface area contributed by atoms with Gasteiger partial charge in [0, 0.05) is 7.05 Å². The monoisotopic (exact) mass is 248 g/mol. The maximum atomic E-state index is 12.0. The van der Waals surface area contributed by atoms with Crippen LogP contribution in [-0.4, -0.2) is 22.2 Å². The highest BCUT2D eigenvalue weighted by Crippen LogP contribution is 2.06. The summed E-state index contributed by atoms with van der Waals surface area (Å²) >= 11 is 0. The summed E-state index contributed by atoms with van der Waals surface area (Å²) in [6.45, 7) is -0.218. The van der Waals surface area contributed by atoms with Gasteiger partial charge in [-0.1, -0.05) is 12.1 Å². The normalized spacial score (nSPS) is 10.6. The molecule has 2 aromatic rings. The number of carbonyl (C=O) groups excluding carboxylic acids is 1. The lowest BCUT2D eigenvalue weighted by atomic mass is 10.2. The summed E-state index contributed by atoms with van der Waals surface area (Å²) in [4.78, 5) is 35.2. The molecule has 0 atom stereocenters. The van der Waals surface area contributed by atoms with E-state index in [1.807, 2.05) is 0 Å². The highest BCUT2D eigenvalue weighted by molar-refractivity contribution is 5.79. The van der Waals surface area contributed by atoms with Crippen LogP contribution >= 0.6 is 0 Å². The van der Waals surface area contributed by atoms with Crippen molar-refractivity contribution in [3.63, 3.8) is 0 Å². The molecule has 6 heteroatoms. The maximum absolute atomic E-state index is 12.0. The van der Waals surface area contributed by atoms with E-state index in [1.54, 1.807) is 24.3 Å². The Morgan fingerprint density at radius 3 is 2.61 bits per heavy atom. The summed E-state index contributed by atoms with van der Waals surface area (Å²) in [6.07, 6.45) is 0. The van der Waals surface area contributed by atoms with E-state index in [9.17, 15) is 14.4 Å². The Labute approximate surface area is 102 Å². The molecule has 0 aliphatic heterocycles. The van der Waals surface area contributed by atoms with Gasteiger partial charge < -0.3 is 4.74 Å². The van der Waals surface area contributed by atoms with Crippen molar-refractivity contribution in [3.8, 4) is 0 Å². The number of carbonyl (C=O) groups is 1. The summed E-state index contributed by atoms with van der Waals surface area (Å²) in [5.74, 6) is -0.541. The number of rotatable bonds is 2. The molecular weight excluding hydrogens is 236 g/mol. The van der Waals surface area contributed by atoms with Gasteiger partial charge in [-0.15, -0.1) is 0 Å². The molecule has 0 radical (unpaired) electrons. The molecule has 1 heterocycles. The molecule has 94 valence electrons. The third-order valence-corrected chi connectivity index (χ3v) is 2.76. The quantitative estimate of drug-likeness (QED) is 0.694. The number of nitrogens with zero attached hydrogens (tertiary/aromatic N) is 2. The van der Waals surface area contributed by atoms with Crippen molar-refractivity contribution in [2.75, 3.05) is 7.11 Å². The van der Waals surface area contributed by atoms with E-state index in [-0.39, 0.29) is 12.1 Å². The van der Waals surface area contributed by atoms with Gasteiger partial charge in [-0.05, 0) is 12.1 Å². The first-order valence-corrected chi connectivity index (χ1v) is 5.31. The van der Waals surface area contributed by atoms with E-state index in [0.717, 1.165) is 4.57 Å². The van der Waals surface area contributed by atoms with E-state index in [1.165, 1.54) is 18.7 Å². The van der Waals surface area contributed by atoms with Crippen LogP contribution in [0.2, 0.25) is 0 Å². The third-order valence-electron chi connectivity index (χ3n) is 2.76. The number of methoxy groups -OCH3 is 1. The zero-order valence-corrected chi connectivity index (χ0v) is 10.0. The van der Waals surface area contributed by atoms with Crippen LogP contribution in [0.5, 0.6) is 0 Å². The van der Waals surface area contributed by atoms with E-state index in [0.29, 0.717) is 10.9 Å². The highest BCUT2D eigenvalue weighted by atomic mass is 16.5. The van der Waals surface area contributed by atoms with Crippen molar-refractivity contribution in [1.82, 2.24) is 9.13 Å². The lowest BCUT2D eigenvalue weighted by Gasteiger charge is -2.10. The van der Waals surface area contributed by atoms with Crippen LogP contribution in [0.1, 0.15) is 0 Å². The van der Waals surface area contributed by atoms with Gasteiger partial charge in [0.15, 0.2) is 0 Å². The molecule has 0 fully saturated rings. The van der Waals surface area contributed by atoms with Gasteiger partial charge in [-0.25, -0.2) is 4.79 Å². The Morgan fingerprint density at radius 2 is 1.94 bits per heavy atom. The Balaban J connectivity index is 2.83. The smallest absolute Gasteiger partial charge is 0.331 e. The zero-order valence-electron chi connectivity index (χ0n) is 10.0. The van der Waals surface area contributed by atoms with Crippen LogP contribution in [-0.2, 0) is 23.1 Å². The number of hydrogen-bond donors (Lipinski definition) is 0. The molecule has 0 aliphatic rings. The molecule has 0 aliphatic carbocycles. The fraction of sp³-hybridized carbons (Fsp3) is 0.250. The van der Waals surface area contributed by atoms with Crippen molar-refractivity contribution >= 4 is 16.9 Å². The first-order valence-electron chi connectivity index (χ1n) is 5.31. The lowest BCUT2D eigenvalue weighted by Crippen LogP contribution is -2.39. The Hall–Kier alpha value is -2.37. The van der Waals surface area contributed by atoms with Gasteiger partial charge in [-0.3, -0.25) is 18.7 Å². The Kier molecular flexibility index (Phi) is 3.01. The van der Waals surface area contributed by atoms with Crippen LogP contribution in [0.25, 0.3) is 10.9 Å². The van der Waals surface area contributed by atoms with Gasteiger partial charge in [-0.2, -0.15) is 0 Å². The van der Waals surface area contributed by atoms with Crippen LogP contribution in [0.15, 0.2) is 33.9 Å². The largest absolute Gasteiger partial charge is 0.468 e. The van der Waals surface area contributed by atoms with Crippen molar-refractivity contribution in [3.05, 3.63) is 45.1 Å². The molecule has 0 saturated carbocycles. The number of para-hydroxylation sites is 1. The SMILES string of the molecule is COC(=O)Cn1c(=O)n(C)c(=O)c2ccccc21. The first-order chi connectivity index (χ1) is 8.56. The molecule has 0 N–H and O–H groups in total. The van der Waals surface area contributed by atoms with Gasteiger partial charge >= 0.3 is 11.7 Å². The molecule has 1 aromatic carbocycles. The summed E-state index contributed by atoms with van der Waals surface area (Å²) in [7, 11) is 2.63. The van der Waals surface area contributed by atoms with Crippen LogP contribution in [0.3, 0.4) is 0 Å². The second kappa shape index (κ2) is 4.48. The van der Waals surface area contributed by atoms with Crippen LogP contribution in [0.4, 0.5) is 0 Å². The van der Waals surface area contributed by atoms with Crippen molar-refractivity contribution in [2.45, 2.75) is 6.54 Å². The number of aromatic nitrogens is 2. The van der Waals surface area contributed by atoms with Crippen LogP contribution in [0, 0.1) is 0 Å². The zero-order chi connectivity index (χ0) is 13.3. The van der Waals surface area contributed by atoms with Gasteiger partial charge in [0.2, 0.25) is 0 Å². The minimum atomic E-state index is -0.541. The number of esters is 1. The molecule has 0 unspecified atom stereocenters. The Morgan fingerprint density at radius 1 is 1.28 bits per heavy atom. The molecule has 18 heavy (non-hydrogen) atoms. The van der Waals surface area contributed by atoms with Crippen molar-refractivity contribution in [1.29, 1.82) is 0 Å². The van der Waals surface area contributed by atoms with E-state index >= 15 is 0 Å². The second-order valence-corrected chi connectivity index (χ2v) is 3.83. The van der Waals surface area contributed by atoms with Crippen molar-refractivity contribution < 1.29 is 9.53 Å². The Bertz CT molecular complexity index is 727. The average Bonchev–Trinajstić information content (AvgIpc) is 2.40. The molecule has 0 saturated heterocycles. The lowest BCUT2D eigenvalue weighted by molar-refractivity contribution is -0.141. The highest BCUT2D eigenvalue weighted by Gasteiger charge is 2.12. The second-order valence-electron chi connectivity index (χ2n) is 3.83. The standard InChI is InChI=1S/C12H12N2O4/c1-13-11(16)8-5-3-4-6-9(8)14(12(13)17)7-10(15)18-2/h3-6H,7H2,1-2H3. The number of benzene rings is 1. The predicted molar refractivity (Wildman–Crippen MR) is 65.5 cm³/mol. The molecular formula is C12H12N2O4.